The van der Waals surface area contributed by atoms with Gasteiger partial charge in [0.25, 0.3) is 5.91 Å². The lowest BCUT2D eigenvalue weighted by Crippen LogP contribution is -2.31. The molecule has 0 saturated carbocycles. The Kier molecular flexibility index (Phi) is 2.76. The highest BCUT2D eigenvalue weighted by Gasteiger charge is 2.23. The summed E-state index contributed by atoms with van der Waals surface area (Å²) < 4.78 is 10.6. The van der Waals surface area contributed by atoms with Crippen LogP contribution in [0.4, 0.5) is 0 Å². The standard InChI is InChI=1S/C14H13NO3/c16-14(13-6-3-8-17-13)15-11-7-9-18-12-5-2-1-4-10(11)12/h1-6,8,11H,7,9H2,(H,15,16)/t11-/m0/s1. The maximum Gasteiger partial charge on any atom is 0.287 e. The average molecular weight is 243 g/mol. The van der Waals surface area contributed by atoms with E-state index in [9.17, 15) is 4.79 Å². The van der Waals surface area contributed by atoms with Crippen LogP contribution in [0, 0.1) is 0 Å². The topological polar surface area (TPSA) is 51.5 Å². The molecule has 1 aliphatic rings. The summed E-state index contributed by atoms with van der Waals surface area (Å²) in [6.07, 6.45) is 2.26. The largest absolute Gasteiger partial charge is 0.493 e. The van der Waals surface area contributed by atoms with Crippen LogP contribution >= 0.6 is 0 Å². The zero-order valence-electron chi connectivity index (χ0n) is 9.76. The smallest absolute Gasteiger partial charge is 0.287 e. The van der Waals surface area contributed by atoms with Gasteiger partial charge in [-0.25, -0.2) is 0 Å². The predicted molar refractivity (Wildman–Crippen MR) is 65.5 cm³/mol. The van der Waals surface area contributed by atoms with Crippen LogP contribution in [0.5, 0.6) is 5.75 Å². The van der Waals surface area contributed by atoms with Crippen molar-refractivity contribution in [2.75, 3.05) is 6.61 Å². The minimum absolute atomic E-state index is 0.0208. The molecule has 18 heavy (non-hydrogen) atoms. The van der Waals surface area contributed by atoms with Gasteiger partial charge in [0.2, 0.25) is 0 Å². The lowest BCUT2D eigenvalue weighted by Gasteiger charge is -2.26. The van der Waals surface area contributed by atoms with E-state index < -0.39 is 0 Å². The van der Waals surface area contributed by atoms with Crippen LogP contribution in [0.3, 0.4) is 0 Å². The summed E-state index contributed by atoms with van der Waals surface area (Å²) in [6, 6.07) is 11.1. The van der Waals surface area contributed by atoms with E-state index in [1.165, 1.54) is 6.26 Å². The molecule has 0 bridgehead atoms. The van der Waals surface area contributed by atoms with Gasteiger partial charge in [-0.1, -0.05) is 18.2 Å². The van der Waals surface area contributed by atoms with Gasteiger partial charge in [0, 0.05) is 12.0 Å². The van der Waals surface area contributed by atoms with Gasteiger partial charge in [0.05, 0.1) is 18.9 Å². The summed E-state index contributed by atoms with van der Waals surface area (Å²) in [7, 11) is 0. The molecule has 0 saturated heterocycles. The van der Waals surface area contributed by atoms with Crippen LogP contribution in [0.1, 0.15) is 28.6 Å². The number of hydrogen-bond acceptors (Lipinski definition) is 3. The molecule has 0 radical (unpaired) electrons. The number of carbonyl (C=O) groups excluding carboxylic acids is 1. The number of ether oxygens (including phenoxy) is 1. The van der Waals surface area contributed by atoms with Gasteiger partial charge in [0.1, 0.15) is 5.75 Å². The second-order valence-electron chi connectivity index (χ2n) is 4.18. The Morgan fingerprint density at radius 1 is 1.22 bits per heavy atom. The molecule has 2 aromatic rings. The fourth-order valence-electron chi connectivity index (χ4n) is 2.13. The molecule has 1 aromatic carbocycles. The zero-order chi connectivity index (χ0) is 12.4. The minimum atomic E-state index is -0.193. The quantitative estimate of drug-likeness (QED) is 0.881. The third-order valence-corrected chi connectivity index (χ3v) is 3.01. The molecule has 92 valence electrons. The molecule has 4 nitrogen and oxygen atoms in total. The van der Waals surface area contributed by atoms with Crippen molar-refractivity contribution in [1.82, 2.24) is 5.32 Å². The summed E-state index contributed by atoms with van der Waals surface area (Å²) in [4.78, 5) is 11.9. The first-order valence-electron chi connectivity index (χ1n) is 5.91. The van der Waals surface area contributed by atoms with Gasteiger partial charge in [-0.2, -0.15) is 0 Å². The predicted octanol–water partition coefficient (Wildman–Crippen LogP) is 2.53. The number of hydrogen-bond donors (Lipinski definition) is 1. The number of rotatable bonds is 2. The lowest BCUT2D eigenvalue weighted by atomic mass is 10.0. The van der Waals surface area contributed by atoms with E-state index in [1.807, 2.05) is 24.3 Å². The molecule has 1 aromatic heterocycles. The molecule has 0 spiro atoms. The van der Waals surface area contributed by atoms with E-state index in [1.54, 1.807) is 12.1 Å². The number of para-hydroxylation sites is 1. The number of furan rings is 1. The first-order valence-corrected chi connectivity index (χ1v) is 5.91. The Bertz CT molecular complexity index is 548. The zero-order valence-corrected chi connectivity index (χ0v) is 9.76. The molecule has 0 fully saturated rings. The molecule has 0 unspecified atom stereocenters. The van der Waals surface area contributed by atoms with Crippen molar-refractivity contribution in [3.8, 4) is 5.75 Å². The van der Waals surface area contributed by atoms with E-state index in [0.29, 0.717) is 12.4 Å². The Labute approximate surface area is 105 Å². The molecule has 2 heterocycles. The van der Waals surface area contributed by atoms with Crippen LogP contribution in [-0.4, -0.2) is 12.5 Å². The van der Waals surface area contributed by atoms with Crippen molar-refractivity contribution in [2.24, 2.45) is 0 Å². The second kappa shape index (κ2) is 4.56. The van der Waals surface area contributed by atoms with Crippen LogP contribution in [0.15, 0.2) is 47.1 Å². The SMILES string of the molecule is O=C(N[C@H]1CCOc2ccccc21)c1ccco1. The van der Waals surface area contributed by atoms with Crippen LogP contribution < -0.4 is 10.1 Å². The third kappa shape index (κ3) is 1.97. The summed E-state index contributed by atoms with van der Waals surface area (Å²) in [5, 5.41) is 2.96. The maximum absolute atomic E-state index is 11.9. The van der Waals surface area contributed by atoms with Gasteiger partial charge in [-0.05, 0) is 18.2 Å². The molecule has 4 heteroatoms. The van der Waals surface area contributed by atoms with Gasteiger partial charge in [-0.3, -0.25) is 4.79 Å². The van der Waals surface area contributed by atoms with Crippen molar-refractivity contribution in [3.05, 3.63) is 54.0 Å². The third-order valence-electron chi connectivity index (χ3n) is 3.01. The first-order chi connectivity index (χ1) is 8.84. The Morgan fingerprint density at radius 3 is 2.94 bits per heavy atom. The number of benzene rings is 1. The van der Waals surface area contributed by atoms with Crippen molar-refractivity contribution >= 4 is 5.91 Å². The van der Waals surface area contributed by atoms with E-state index in [4.69, 9.17) is 9.15 Å². The first kappa shape index (κ1) is 10.9. The maximum atomic E-state index is 11.9. The molecular weight excluding hydrogens is 230 g/mol. The number of carbonyl (C=O) groups is 1. The van der Waals surface area contributed by atoms with E-state index in [2.05, 4.69) is 5.32 Å². The minimum Gasteiger partial charge on any atom is -0.493 e. The van der Waals surface area contributed by atoms with Crippen molar-refractivity contribution in [2.45, 2.75) is 12.5 Å². The highest BCUT2D eigenvalue weighted by Crippen LogP contribution is 2.31. The Balaban J connectivity index is 1.80. The van der Waals surface area contributed by atoms with E-state index in [0.717, 1.165) is 17.7 Å². The van der Waals surface area contributed by atoms with Crippen molar-refractivity contribution < 1.29 is 13.9 Å². The molecular formula is C14H13NO3. The number of amides is 1. The summed E-state index contributed by atoms with van der Waals surface area (Å²) in [5.41, 5.74) is 1.02. The van der Waals surface area contributed by atoms with Gasteiger partial charge in [-0.15, -0.1) is 0 Å². The van der Waals surface area contributed by atoms with Gasteiger partial charge < -0.3 is 14.5 Å². The van der Waals surface area contributed by atoms with Gasteiger partial charge in [0.15, 0.2) is 5.76 Å². The number of nitrogens with one attached hydrogen (secondary N) is 1. The Hall–Kier alpha value is -2.23. The summed E-state index contributed by atoms with van der Waals surface area (Å²) >= 11 is 0. The monoisotopic (exact) mass is 243 g/mol. The summed E-state index contributed by atoms with van der Waals surface area (Å²) in [5.74, 6) is 0.981. The fraction of sp³-hybridized carbons (Fsp3) is 0.214. The Morgan fingerprint density at radius 2 is 2.11 bits per heavy atom. The van der Waals surface area contributed by atoms with Crippen LogP contribution in [-0.2, 0) is 0 Å². The molecule has 0 aliphatic carbocycles. The molecule has 1 atom stereocenters. The molecule has 1 amide bonds. The fourth-order valence-corrected chi connectivity index (χ4v) is 2.13. The van der Waals surface area contributed by atoms with Crippen molar-refractivity contribution in [1.29, 1.82) is 0 Å². The number of fused-ring (bicyclic) bond motifs is 1. The van der Waals surface area contributed by atoms with E-state index >= 15 is 0 Å². The van der Waals surface area contributed by atoms with Crippen LogP contribution in [0.25, 0.3) is 0 Å². The molecule has 1 N–H and O–H groups in total. The van der Waals surface area contributed by atoms with E-state index in [-0.39, 0.29) is 11.9 Å². The average Bonchev–Trinajstić information content (AvgIpc) is 2.93. The highest BCUT2D eigenvalue weighted by atomic mass is 16.5. The summed E-state index contributed by atoms with van der Waals surface area (Å²) in [6.45, 7) is 0.611. The normalized spacial score (nSPS) is 17.7. The highest BCUT2D eigenvalue weighted by molar-refractivity contribution is 5.91. The second-order valence-corrected chi connectivity index (χ2v) is 4.18. The van der Waals surface area contributed by atoms with Crippen molar-refractivity contribution in [3.63, 3.8) is 0 Å². The molecule has 3 rings (SSSR count). The van der Waals surface area contributed by atoms with Crippen LogP contribution in [0.2, 0.25) is 0 Å². The molecule has 1 aliphatic heterocycles. The van der Waals surface area contributed by atoms with Gasteiger partial charge >= 0.3 is 0 Å². The lowest BCUT2D eigenvalue weighted by molar-refractivity contribution is 0.0896.